The van der Waals surface area contributed by atoms with Crippen LogP contribution in [-0.4, -0.2) is 15.7 Å². The summed E-state index contributed by atoms with van der Waals surface area (Å²) in [7, 11) is 0. The van der Waals surface area contributed by atoms with Crippen LogP contribution in [0.3, 0.4) is 0 Å². The van der Waals surface area contributed by atoms with Crippen LogP contribution in [0.2, 0.25) is 0 Å². The van der Waals surface area contributed by atoms with Crippen molar-refractivity contribution in [1.29, 1.82) is 0 Å². The van der Waals surface area contributed by atoms with E-state index in [1.165, 1.54) is 0 Å². The van der Waals surface area contributed by atoms with Crippen molar-refractivity contribution in [3.63, 3.8) is 0 Å². The van der Waals surface area contributed by atoms with Crippen molar-refractivity contribution >= 4 is 11.4 Å². The molecule has 3 heterocycles. The number of allylic oxidation sites excluding steroid dienone is 5. The van der Waals surface area contributed by atoms with Gasteiger partial charge in [0.15, 0.2) is 0 Å². The van der Waals surface area contributed by atoms with Crippen LogP contribution < -0.4 is 0 Å². The molecule has 1 aliphatic rings. The van der Waals surface area contributed by atoms with E-state index < -0.39 is 0 Å². The van der Waals surface area contributed by atoms with Crippen molar-refractivity contribution in [2.24, 2.45) is 4.99 Å². The molecule has 0 bridgehead atoms. The van der Waals surface area contributed by atoms with Gasteiger partial charge >= 0.3 is 0 Å². The molecule has 0 atom stereocenters. The van der Waals surface area contributed by atoms with Crippen LogP contribution in [0.15, 0.2) is 84.2 Å². The van der Waals surface area contributed by atoms with E-state index >= 15 is 0 Å². The molecule has 0 fully saturated rings. The lowest BCUT2D eigenvalue weighted by molar-refractivity contribution is 1.25. The lowest BCUT2D eigenvalue weighted by Gasteiger charge is -2.05. The Balaban J connectivity index is 2.06. The first-order valence-corrected chi connectivity index (χ1v) is 6.40. The zero-order valence-electron chi connectivity index (χ0n) is 10.8. The minimum absolute atomic E-state index is 0.826. The predicted octanol–water partition coefficient (Wildman–Crippen LogP) is 3.43. The van der Waals surface area contributed by atoms with Gasteiger partial charge in [0.05, 0.1) is 22.8 Å². The monoisotopic (exact) mass is 259 g/mol. The minimum Gasteiger partial charge on any atom is -0.255 e. The van der Waals surface area contributed by atoms with Gasteiger partial charge in [0.2, 0.25) is 0 Å². The number of hydrogen-bond donors (Lipinski definition) is 0. The standard InChI is InChI=1S/C17H13N3/c1-2-10-16(14-8-4-6-12-18-14)20-17(11-3-1)15-9-5-7-13-19-15/h1-13H/b2-1+,3-1?,10-2?,11-3-,16-10-,17-11?,20-16?,20-17-. The number of aromatic nitrogens is 2. The highest BCUT2D eigenvalue weighted by Gasteiger charge is 2.06. The zero-order valence-corrected chi connectivity index (χ0v) is 10.8. The molecule has 0 unspecified atom stereocenters. The first kappa shape index (κ1) is 12.2. The molecule has 3 nitrogen and oxygen atoms in total. The van der Waals surface area contributed by atoms with Crippen LogP contribution in [0, 0.1) is 0 Å². The second-order valence-corrected chi connectivity index (χ2v) is 4.22. The Hall–Kier alpha value is -2.81. The molecular formula is C17H13N3. The van der Waals surface area contributed by atoms with Crippen LogP contribution in [-0.2, 0) is 0 Å². The van der Waals surface area contributed by atoms with Crippen LogP contribution >= 0.6 is 0 Å². The summed E-state index contributed by atoms with van der Waals surface area (Å²) in [5.41, 5.74) is 3.35. The van der Waals surface area contributed by atoms with Gasteiger partial charge in [-0.3, -0.25) is 9.97 Å². The maximum absolute atomic E-state index is 4.69. The van der Waals surface area contributed by atoms with Crippen molar-refractivity contribution in [1.82, 2.24) is 9.97 Å². The van der Waals surface area contributed by atoms with Gasteiger partial charge in [-0.05, 0) is 36.4 Å². The highest BCUT2D eigenvalue weighted by molar-refractivity contribution is 6.09. The Morgan fingerprint density at radius 3 is 2.15 bits per heavy atom. The van der Waals surface area contributed by atoms with Crippen LogP contribution in [0.1, 0.15) is 11.4 Å². The van der Waals surface area contributed by atoms with E-state index in [-0.39, 0.29) is 0 Å². The molecule has 0 radical (unpaired) electrons. The van der Waals surface area contributed by atoms with Crippen LogP contribution in [0.25, 0.3) is 5.70 Å². The Morgan fingerprint density at radius 1 is 0.700 bits per heavy atom. The van der Waals surface area contributed by atoms with Gasteiger partial charge in [-0.25, -0.2) is 4.99 Å². The topological polar surface area (TPSA) is 38.1 Å². The molecule has 0 amide bonds. The fraction of sp³-hybridized carbons (Fsp3) is 0. The third-order valence-electron chi connectivity index (χ3n) is 2.83. The molecule has 2 aromatic rings. The SMILES string of the molecule is C1=C\C(c2ccccn2)=N\C(c2ccccn2)=C/C=C/1. The highest BCUT2D eigenvalue weighted by atomic mass is 14.8. The van der Waals surface area contributed by atoms with E-state index in [2.05, 4.69) is 9.97 Å². The number of pyridine rings is 2. The number of hydrogen-bond acceptors (Lipinski definition) is 3. The summed E-state index contributed by atoms with van der Waals surface area (Å²) < 4.78 is 0. The third kappa shape index (κ3) is 2.78. The second-order valence-electron chi connectivity index (χ2n) is 4.22. The quantitative estimate of drug-likeness (QED) is 0.828. The summed E-state index contributed by atoms with van der Waals surface area (Å²) >= 11 is 0. The molecule has 0 saturated carbocycles. The Bertz CT molecular complexity index is 655. The van der Waals surface area contributed by atoms with Crippen LogP contribution in [0.4, 0.5) is 0 Å². The number of rotatable bonds is 2. The van der Waals surface area contributed by atoms with Crippen molar-refractivity contribution in [3.8, 4) is 0 Å². The first-order valence-electron chi connectivity index (χ1n) is 6.40. The Morgan fingerprint density at radius 2 is 1.45 bits per heavy atom. The largest absolute Gasteiger partial charge is 0.255 e. The van der Waals surface area contributed by atoms with Gasteiger partial charge in [0.1, 0.15) is 0 Å². The summed E-state index contributed by atoms with van der Waals surface area (Å²) in [6, 6.07) is 11.6. The molecular weight excluding hydrogens is 246 g/mol. The highest BCUT2D eigenvalue weighted by Crippen LogP contribution is 2.16. The molecule has 0 N–H and O–H groups in total. The van der Waals surface area contributed by atoms with E-state index in [0.29, 0.717) is 0 Å². The first-order chi connectivity index (χ1) is 9.93. The number of nitrogens with zero attached hydrogens (tertiary/aromatic N) is 3. The lowest BCUT2D eigenvalue weighted by atomic mass is 10.1. The molecule has 3 rings (SSSR count). The van der Waals surface area contributed by atoms with Crippen molar-refractivity contribution in [2.75, 3.05) is 0 Å². The van der Waals surface area contributed by atoms with Crippen molar-refractivity contribution < 1.29 is 0 Å². The smallest absolute Gasteiger partial charge is 0.0894 e. The third-order valence-corrected chi connectivity index (χ3v) is 2.83. The molecule has 3 heteroatoms. The van der Waals surface area contributed by atoms with E-state index in [1.807, 2.05) is 66.8 Å². The maximum atomic E-state index is 4.69. The normalized spacial score (nSPS) is 22.6. The molecule has 0 saturated heterocycles. The van der Waals surface area contributed by atoms with E-state index in [1.54, 1.807) is 12.4 Å². The Labute approximate surface area is 117 Å². The lowest BCUT2D eigenvalue weighted by Crippen LogP contribution is -2.01. The van der Waals surface area contributed by atoms with Gasteiger partial charge in [-0.1, -0.05) is 30.4 Å². The van der Waals surface area contributed by atoms with Crippen molar-refractivity contribution in [3.05, 3.63) is 90.6 Å². The maximum Gasteiger partial charge on any atom is 0.0894 e. The average molecular weight is 259 g/mol. The van der Waals surface area contributed by atoms with Gasteiger partial charge in [0, 0.05) is 12.4 Å². The molecule has 2 aromatic heterocycles. The van der Waals surface area contributed by atoms with Crippen LogP contribution in [0.5, 0.6) is 0 Å². The van der Waals surface area contributed by atoms with Gasteiger partial charge in [-0.15, -0.1) is 0 Å². The molecule has 0 spiro atoms. The molecule has 20 heavy (non-hydrogen) atoms. The minimum atomic E-state index is 0.826. The van der Waals surface area contributed by atoms with E-state index in [4.69, 9.17) is 4.99 Å². The van der Waals surface area contributed by atoms with E-state index in [0.717, 1.165) is 22.8 Å². The zero-order chi connectivity index (χ0) is 13.6. The fourth-order valence-corrected chi connectivity index (χ4v) is 1.88. The summed E-state index contributed by atoms with van der Waals surface area (Å²) in [4.78, 5) is 13.4. The summed E-state index contributed by atoms with van der Waals surface area (Å²) in [6.07, 6.45) is 13.3. The second kappa shape index (κ2) is 5.89. The van der Waals surface area contributed by atoms with Gasteiger partial charge < -0.3 is 0 Å². The average Bonchev–Trinajstić information content (AvgIpc) is 2.49. The molecule has 1 aliphatic heterocycles. The molecule has 0 aromatic carbocycles. The van der Waals surface area contributed by atoms with Gasteiger partial charge in [-0.2, -0.15) is 0 Å². The van der Waals surface area contributed by atoms with Crippen molar-refractivity contribution in [2.45, 2.75) is 0 Å². The van der Waals surface area contributed by atoms with Gasteiger partial charge in [0.25, 0.3) is 0 Å². The van der Waals surface area contributed by atoms with E-state index in [9.17, 15) is 0 Å². The fourth-order valence-electron chi connectivity index (χ4n) is 1.88. The predicted molar refractivity (Wildman–Crippen MR) is 81.3 cm³/mol. The summed E-state index contributed by atoms with van der Waals surface area (Å²) in [5, 5.41) is 0. The summed E-state index contributed by atoms with van der Waals surface area (Å²) in [5.74, 6) is 0. The molecule has 0 aliphatic carbocycles. The molecule has 96 valence electrons. The Kier molecular flexibility index (Phi) is 3.60. The number of aliphatic imine (C=N–C) groups is 1. The summed E-state index contributed by atoms with van der Waals surface area (Å²) in [6.45, 7) is 0.